The molecule has 3 rings (SSSR count). The monoisotopic (exact) mass is 292 g/mol. The van der Waals surface area contributed by atoms with E-state index >= 15 is 0 Å². The Hall–Kier alpha value is -0.570. The highest BCUT2D eigenvalue weighted by Crippen LogP contribution is 2.49. The zero-order chi connectivity index (χ0) is 15.1. The Morgan fingerprint density at radius 3 is 2.14 bits per heavy atom. The lowest BCUT2D eigenvalue weighted by Crippen LogP contribution is -2.44. The van der Waals surface area contributed by atoms with E-state index in [-0.39, 0.29) is 12.2 Å². The van der Waals surface area contributed by atoms with Crippen LogP contribution in [0.5, 0.6) is 0 Å². The van der Waals surface area contributed by atoms with Crippen molar-refractivity contribution in [3.05, 3.63) is 0 Å². The Balaban J connectivity index is 1.72. The second-order valence-electron chi connectivity index (χ2n) is 8.05. The van der Waals surface area contributed by atoms with Gasteiger partial charge in [0.2, 0.25) is 5.91 Å². The normalized spacial score (nSPS) is 31.5. The number of nitrogens with one attached hydrogen (secondary N) is 1. The zero-order valence-electron chi connectivity index (χ0n) is 14.1. The van der Waals surface area contributed by atoms with Crippen LogP contribution in [0, 0.1) is 29.6 Å². The highest BCUT2D eigenvalue weighted by atomic mass is 16.2. The van der Waals surface area contributed by atoms with E-state index in [1.807, 2.05) is 0 Å². The van der Waals surface area contributed by atoms with E-state index in [9.17, 15) is 4.79 Å². The van der Waals surface area contributed by atoms with Gasteiger partial charge in [-0.25, -0.2) is 0 Å². The van der Waals surface area contributed by atoms with Crippen molar-refractivity contribution >= 4 is 5.91 Å². The van der Waals surface area contributed by atoms with Crippen LogP contribution in [0.25, 0.3) is 0 Å². The molecule has 3 heteroatoms. The third kappa shape index (κ3) is 3.13. The lowest BCUT2D eigenvalue weighted by molar-refractivity contribution is -0.132. The maximum Gasteiger partial charge on any atom is 0.241 e. The van der Waals surface area contributed by atoms with Crippen LogP contribution < -0.4 is 5.32 Å². The van der Waals surface area contributed by atoms with Crippen LogP contribution in [0.3, 0.4) is 0 Å². The summed E-state index contributed by atoms with van der Waals surface area (Å²) in [5, 5.41) is 3.64. The summed E-state index contributed by atoms with van der Waals surface area (Å²) < 4.78 is 0. The molecule has 0 radical (unpaired) electrons. The Morgan fingerprint density at radius 1 is 1.14 bits per heavy atom. The van der Waals surface area contributed by atoms with Crippen molar-refractivity contribution in [3.63, 3.8) is 0 Å². The molecule has 0 aromatic heterocycles. The van der Waals surface area contributed by atoms with Crippen molar-refractivity contribution in [1.29, 1.82) is 0 Å². The van der Waals surface area contributed by atoms with Gasteiger partial charge in [0, 0.05) is 6.54 Å². The van der Waals surface area contributed by atoms with Crippen molar-refractivity contribution in [2.45, 2.75) is 72.0 Å². The Kier molecular flexibility index (Phi) is 4.31. The van der Waals surface area contributed by atoms with Gasteiger partial charge in [0.15, 0.2) is 0 Å². The molecule has 21 heavy (non-hydrogen) atoms. The van der Waals surface area contributed by atoms with Crippen molar-refractivity contribution < 1.29 is 4.79 Å². The first-order valence-corrected chi connectivity index (χ1v) is 9.09. The minimum Gasteiger partial charge on any atom is -0.325 e. The van der Waals surface area contributed by atoms with Crippen LogP contribution in [0.1, 0.15) is 59.8 Å². The van der Waals surface area contributed by atoms with Crippen LogP contribution >= 0.6 is 0 Å². The van der Waals surface area contributed by atoms with Crippen LogP contribution in [0.15, 0.2) is 0 Å². The van der Waals surface area contributed by atoms with Crippen LogP contribution in [-0.2, 0) is 4.79 Å². The summed E-state index contributed by atoms with van der Waals surface area (Å²) in [5.41, 5.74) is 0. The molecule has 3 atom stereocenters. The average molecular weight is 292 g/mol. The third-order valence-electron chi connectivity index (χ3n) is 5.94. The summed E-state index contributed by atoms with van der Waals surface area (Å²) >= 11 is 0. The molecule has 0 aromatic carbocycles. The van der Waals surface area contributed by atoms with Gasteiger partial charge >= 0.3 is 0 Å². The van der Waals surface area contributed by atoms with Crippen LogP contribution in [0.2, 0.25) is 0 Å². The predicted molar refractivity (Wildman–Crippen MR) is 85.7 cm³/mol. The molecule has 1 amide bonds. The van der Waals surface area contributed by atoms with Crippen molar-refractivity contribution in [2.24, 2.45) is 29.6 Å². The van der Waals surface area contributed by atoms with Crippen LogP contribution in [-0.4, -0.2) is 29.6 Å². The molecule has 2 saturated carbocycles. The first-order valence-electron chi connectivity index (χ1n) is 9.09. The van der Waals surface area contributed by atoms with E-state index in [2.05, 4.69) is 37.9 Å². The minimum atomic E-state index is 0.0430. The molecule has 3 aliphatic rings. The largest absolute Gasteiger partial charge is 0.325 e. The first-order chi connectivity index (χ1) is 10.0. The van der Waals surface area contributed by atoms with Crippen molar-refractivity contribution in [1.82, 2.24) is 10.2 Å². The molecule has 0 bridgehead atoms. The molecule has 0 spiro atoms. The second kappa shape index (κ2) is 5.91. The SMILES string of the molecule is CCC(C)C1NC(C(C)C)N(CC(C2CC2)C2CC2)C1=O. The quantitative estimate of drug-likeness (QED) is 0.781. The van der Waals surface area contributed by atoms with Gasteiger partial charge in [0.1, 0.15) is 0 Å². The molecule has 1 saturated heterocycles. The number of hydrogen-bond donors (Lipinski definition) is 1. The Labute approximate surface area is 129 Å². The number of hydrogen-bond acceptors (Lipinski definition) is 2. The molecule has 3 fully saturated rings. The molecule has 2 aliphatic carbocycles. The second-order valence-corrected chi connectivity index (χ2v) is 8.05. The van der Waals surface area contributed by atoms with E-state index in [0.717, 1.165) is 30.7 Å². The van der Waals surface area contributed by atoms with Crippen molar-refractivity contribution in [2.75, 3.05) is 6.54 Å². The molecule has 3 unspecified atom stereocenters. The summed E-state index contributed by atoms with van der Waals surface area (Å²) in [6.07, 6.45) is 6.92. The topological polar surface area (TPSA) is 32.3 Å². The molecular formula is C18H32N2O. The van der Waals surface area contributed by atoms with Gasteiger partial charge < -0.3 is 4.90 Å². The van der Waals surface area contributed by atoms with Gasteiger partial charge in [0.05, 0.1) is 12.2 Å². The van der Waals surface area contributed by atoms with Gasteiger partial charge in [-0.05, 0) is 55.3 Å². The summed E-state index contributed by atoms with van der Waals surface area (Å²) in [6.45, 7) is 9.87. The van der Waals surface area contributed by atoms with E-state index in [1.54, 1.807) is 0 Å². The average Bonchev–Trinajstić information content (AvgIpc) is 3.34. The molecule has 120 valence electrons. The standard InChI is InChI=1S/C18H32N2O/c1-5-12(4)16-18(21)20(17(19-16)11(2)3)10-15(13-6-7-13)14-8-9-14/h11-17,19H,5-10H2,1-4H3. The smallest absolute Gasteiger partial charge is 0.241 e. The van der Waals surface area contributed by atoms with Gasteiger partial charge in [-0.3, -0.25) is 10.1 Å². The lowest BCUT2D eigenvalue weighted by atomic mass is 9.95. The molecule has 1 N–H and O–H groups in total. The first kappa shape index (κ1) is 15.3. The van der Waals surface area contributed by atoms with E-state index in [4.69, 9.17) is 0 Å². The number of carbonyl (C=O) groups is 1. The number of nitrogens with zero attached hydrogens (tertiary/aromatic N) is 1. The lowest BCUT2D eigenvalue weighted by Gasteiger charge is -2.31. The van der Waals surface area contributed by atoms with Gasteiger partial charge in [-0.1, -0.05) is 34.1 Å². The summed E-state index contributed by atoms with van der Waals surface area (Å²) in [4.78, 5) is 15.1. The molecule has 1 heterocycles. The molecule has 0 aromatic rings. The van der Waals surface area contributed by atoms with E-state index < -0.39 is 0 Å². The molecule has 1 aliphatic heterocycles. The van der Waals surface area contributed by atoms with Gasteiger partial charge in [-0.15, -0.1) is 0 Å². The Bertz CT molecular complexity index is 375. The number of amides is 1. The van der Waals surface area contributed by atoms with Gasteiger partial charge in [-0.2, -0.15) is 0 Å². The fraction of sp³-hybridized carbons (Fsp3) is 0.944. The summed E-state index contributed by atoms with van der Waals surface area (Å²) in [7, 11) is 0. The highest BCUT2D eigenvalue weighted by molar-refractivity contribution is 5.84. The fourth-order valence-electron chi connectivity index (χ4n) is 4.02. The van der Waals surface area contributed by atoms with Gasteiger partial charge in [0.25, 0.3) is 0 Å². The third-order valence-corrected chi connectivity index (χ3v) is 5.94. The van der Waals surface area contributed by atoms with E-state index in [1.165, 1.54) is 25.7 Å². The highest BCUT2D eigenvalue weighted by Gasteiger charge is 2.47. The van der Waals surface area contributed by atoms with Crippen LogP contribution in [0.4, 0.5) is 0 Å². The fourth-order valence-corrected chi connectivity index (χ4v) is 4.02. The molecule has 3 nitrogen and oxygen atoms in total. The summed E-state index contributed by atoms with van der Waals surface area (Å²) in [6, 6.07) is 0.0430. The zero-order valence-corrected chi connectivity index (χ0v) is 14.1. The minimum absolute atomic E-state index is 0.0430. The number of rotatable bonds is 7. The Morgan fingerprint density at radius 2 is 1.71 bits per heavy atom. The predicted octanol–water partition coefficient (Wildman–Crippen LogP) is 3.25. The maximum absolute atomic E-state index is 12.9. The number of carbonyl (C=O) groups excluding carboxylic acids is 1. The van der Waals surface area contributed by atoms with Crippen molar-refractivity contribution in [3.8, 4) is 0 Å². The molecular weight excluding hydrogens is 260 g/mol. The maximum atomic E-state index is 12.9. The summed E-state index contributed by atoms with van der Waals surface area (Å²) in [5.74, 6) is 3.91. The van der Waals surface area contributed by atoms with E-state index in [0.29, 0.717) is 17.7 Å².